The molecule has 5 heteroatoms. The van der Waals surface area contributed by atoms with Gasteiger partial charge in [-0.25, -0.2) is 4.68 Å². The summed E-state index contributed by atoms with van der Waals surface area (Å²) in [4.78, 5) is 2.05. The van der Waals surface area contributed by atoms with Crippen molar-refractivity contribution in [1.29, 1.82) is 0 Å². The van der Waals surface area contributed by atoms with E-state index in [9.17, 15) is 5.11 Å². The second kappa shape index (κ2) is 6.22. The van der Waals surface area contributed by atoms with Gasteiger partial charge in [-0.05, 0) is 37.3 Å². The lowest BCUT2D eigenvalue weighted by atomic mass is 10.1. The van der Waals surface area contributed by atoms with E-state index < -0.39 is 0 Å². The third-order valence-corrected chi connectivity index (χ3v) is 3.79. The first-order valence-corrected chi connectivity index (χ1v) is 7.50. The number of aliphatic hydroxyl groups excluding tert-OH is 1. The van der Waals surface area contributed by atoms with Crippen LogP contribution in [0.1, 0.15) is 11.3 Å². The van der Waals surface area contributed by atoms with Gasteiger partial charge in [-0.1, -0.05) is 29.0 Å². The van der Waals surface area contributed by atoms with Crippen molar-refractivity contribution in [3.05, 3.63) is 59.8 Å². The van der Waals surface area contributed by atoms with Gasteiger partial charge in [0.25, 0.3) is 0 Å². The molecule has 1 aromatic heterocycles. The minimum atomic E-state index is -0.140. The SMILES string of the molecule is Cc1cccc(-c2c(CO)nnn2-c2ccc(N(C)C)cc2)c1. The van der Waals surface area contributed by atoms with Crippen molar-refractivity contribution in [3.63, 3.8) is 0 Å². The Hall–Kier alpha value is -2.66. The minimum absolute atomic E-state index is 0.140. The molecule has 0 fully saturated rings. The van der Waals surface area contributed by atoms with E-state index in [1.807, 2.05) is 68.4 Å². The van der Waals surface area contributed by atoms with E-state index in [-0.39, 0.29) is 6.61 Å². The number of anilines is 1. The molecular weight excluding hydrogens is 288 g/mol. The highest BCUT2D eigenvalue weighted by Gasteiger charge is 2.15. The summed E-state index contributed by atoms with van der Waals surface area (Å²) < 4.78 is 1.78. The van der Waals surface area contributed by atoms with Gasteiger partial charge in [-0.2, -0.15) is 0 Å². The molecule has 0 saturated heterocycles. The highest BCUT2D eigenvalue weighted by Crippen LogP contribution is 2.26. The predicted molar refractivity (Wildman–Crippen MR) is 91.8 cm³/mol. The van der Waals surface area contributed by atoms with Gasteiger partial charge < -0.3 is 10.0 Å². The van der Waals surface area contributed by atoms with Crippen molar-refractivity contribution in [1.82, 2.24) is 15.0 Å². The van der Waals surface area contributed by atoms with Crippen molar-refractivity contribution in [2.75, 3.05) is 19.0 Å². The Labute approximate surface area is 135 Å². The van der Waals surface area contributed by atoms with Gasteiger partial charge in [0.15, 0.2) is 0 Å². The molecule has 0 saturated carbocycles. The summed E-state index contributed by atoms with van der Waals surface area (Å²) in [6.07, 6.45) is 0. The molecule has 0 aliphatic heterocycles. The number of aromatic nitrogens is 3. The zero-order chi connectivity index (χ0) is 16.4. The highest BCUT2D eigenvalue weighted by molar-refractivity contribution is 5.65. The molecule has 1 heterocycles. The van der Waals surface area contributed by atoms with Gasteiger partial charge in [0.2, 0.25) is 0 Å². The van der Waals surface area contributed by atoms with E-state index in [4.69, 9.17) is 0 Å². The second-order valence-electron chi connectivity index (χ2n) is 5.73. The van der Waals surface area contributed by atoms with Crippen molar-refractivity contribution in [2.45, 2.75) is 13.5 Å². The Kier molecular flexibility index (Phi) is 4.12. The quantitative estimate of drug-likeness (QED) is 0.805. The zero-order valence-electron chi connectivity index (χ0n) is 13.6. The van der Waals surface area contributed by atoms with Gasteiger partial charge in [-0.15, -0.1) is 5.10 Å². The molecule has 3 rings (SSSR count). The largest absolute Gasteiger partial charge is 0.390 e. The van der Waals surface area contributed by atoms with Crippen LogP contribution in [0.3, 0.4) is 0 Å². The van der Waals surface area contributed by atoms with Crippen LogP contribution >= 0.6 is 0 Å². The van der Waals surface area contributed by atoms with E-state index >= 15 is 0 Å². The first-order valence-electron chi connectivity index (χ1n) is 7.50. The van der Waals surface area contributed by atoms with E-state index in [0.717, 1.165) is 28.2 Å². The van der Waals surface area contributed by atoms with E-state index in [1.54, 1.807) is 4.68 Å². The number of rotatable bonds is 4. The Morgan fingerprint density at radius 2 is 1.83 bits per heavy atom. The average Bonchev–Trinajstić information content (AvgIpc) is 2.99. The lowest BCUT2D eigenvalue weighted by Gasteiger charge is -2.13. The fraction of sp³-hybridized carbons (Fsp3) is 0.222. The standard InChI is InChI=1S/C18H20N4O/c1-13-5-4-6-14(11-13)18-17(12-23)19-20-22(18)16-9-7-15(8-10-16)21(2)3/h4-11,23H,12H2,1-3H3. The first kappa shape index (κ1) is 15.2. The lowest BCUT2D eigenvalue weighted by Crippen LogP contribution is -2.08. The van der Waals surface area contributed by atoms with Crippen LogP contribution in [0.4, 0.5) is 5.69 Å². The zero-order valence-corrected chi connectivity index (χ0v) is 13.6. The highest BCUT2D eigenvalue weighted by atomic mass is 16.3. The van der Waals surface area contributed by atoms with Gasteiger partial charge in [0, 0.05) is 25.3 Å². The van der Waals surface area contributed by atoms with Crippen molar-refractivity contribution >= 4 is 5.69 Å². The third-order valence-electron chi connectivity index (χ3n) is 3.79. The summed E-state index contributed by atoms with van der Waals surface area (Å²) in [6.45, 7) is 1.90. The predicted octanol–water partition coefficient (Wildman–Crippen LogP) is 2.80. The summed E-state index contributed by atoms with van der Waals surface area (Å²) in [5, 5.41) is 18.0. The van der Waals surface area contributed by atoms with Gasteiger partial charge in [0.1, 0.15) is 11.4 Å². The summed E-state index contributed by atoms with van der Waals surface area (Å²) in [5.41, 5.74) is 5.59. The molecule has 2 aromatic carbocycles. The molecule has 118 valence electrons. The number of aliphatic hydroxyl groups is 1. The fourth-order valence-electron chi connectivity index (χ4n) is 2.57. The smallest absolute Gasteiger partial charge is 0.117 e. The number of benzene rings is 2. The summed E-state index contributed by atoms with van der Waals surface area (Å²) >= 11 is 0. The summed E-state index contributed by atoms with van der Waals surface area (Å²) in [6, 6.07) is 16.2. The van der Waals surface area contributed by atoms with Crippen LogP contribution in [0.5, 0.6) is 0 Å². The second-order valence-corrected chi connectivity index (χ2v) is 5.73. The molecule has 0 unspecified atom stereocenters. The number of hydrogen-bond acceptors (Lipinski definition) is 4. The molecule has 0 aliphatic carbocycles. The lowest BCUT2D eigenvalue weighted by molar-refractivity contribution is 0.277. The molecular formula is C18H20N4O. The van der Waals surface area contributed by atoms with Gasteiger partial charge in [0.05, 0.1) is 12.3 Å². The third kappa shape index (κ3) is 2.96. The molecule has 0 aliphatic rings. The van der Waals surface area contributed by atoms with E-state index in [2.05, 4.69) is 16.4 Å². The van der Waals surface area contributed by atoms with Crippen LogP contribution < -0.4 is 4.90 Å². The van der Waals surface area contributed by atoms with Gasteiger partial charge in [-0.3, -0.25) is 0 Å². The molecule has 0 amide bonds. The molecule has 0 radical (unpaired) electrons. The van der Waals surface area contributed by atoms with Crippen molar-refractivity contribution in [3.8, 4) is 16.9 Å². The Bertz CT molecular complexity index is 806. The minimum Gasteiger partial charge on any atom is -0.390 e. The molecule has 0 atom stereocenters. The number of hydrogen-bond donors (Lipinski definition) is 1. The maximum absolute atomic E-state index is 9.60. The molecule has 5 nitrogen and oxygen atoms in total. The first-order chi connectivity index (χ1) is 11.1. The van der Waals surface area contributed by atoms with Crippen molar-refractivity contribution < 1.29 is 5.11 Å². The Morgan fingerprint density at radius 3 is 2.43 bits per heavy atom. The normalized spacial score (nSPS) is 10.8. The summed E-state index contributed by atoms with van der Waals surface area (Å²) in [7, 11) is 4.01. The average molecular weight is 308 g/mol. The fourth-order valence-corrected chi connectivity index (χ4v) is 2.57. The Balaban J connectivity index is 2.11. The van der Waals surface area contributed by atoms with E-state index in [0.29, 0.717) is 5.69 Å². The molecule has 1 N–H and O–H groups in total. The van der Waals surface area contributed by atoms with Crippen LogP contribution in [0.15, 0.2) is 48.5 Å². The number of aryl methyl sites for hydroxylation is 1. The van der Waals surface area contributed by atoms with Crippen LogP contribution in [0.2, 0.25) is 0 Å². The van der Waals surface area contributed by atoms with Crippen LogP contribution in [0.25, 0.3) is 16.9 Å². The summed E-state index contributed by atoms with van der Waals surface area (Å²) in [5.74, 6) is 0. The Morgan fingerprint density at radius 1 is 1.09 bits per heavy atom. The molecule has 23 heavy (non-hydrogen) atoms. The molecule has 0 bridgehead atoms. The molecule has 3 aromatic rings. The van der Waals surface area contributed by atoms with E-state index in [1.165, 1.54) is 0 Å². The monoisotopic (exact) mass is 308 g/mol. The van der Waals surface area contributed by atoms with Gasteiger partial charge >= 0.3 is 0 Å². The van der Waals surface area contributed by atoms with Crippen LogP contribution in [0, 0.1) is 6.92 Å². The van der Waals surface area contributed by atoms with Crippen LogP contribution in [-0.2, 0) is 6.61 Å². The topological polar surface area (TPSA) is 54.2 Å². The maximum Gasteiger partial charge on any atom is 0.117 e. The maximum atomic E-state index is 9.60. The number of nitrogens with zero attached hydrogens (tertiary/aromatic N) is 4. The molecule has 0 spiro atoms. The van der Waals surface area contributed by atoms with Crippen LogP contribution in [-0.4, -0.2) is 34.2 Å². The van der Waals surface area contributed by atoms with Crippen molar-refractivity contribution in [2.24, 2.45) is 0 Å².